The van der Waals surface area contributed by atoms with Crippen molar-refractivity contribution in [1.82, 2.24) is 10.1 Å². The molecule has 4 aliphatic heterocycles. The van der Waals surface area contributed by atoms with Crippen LogP contribution in [0.1, 0.15) is 61.9 Å². The van der Waals surface area contributed by atoms with Gasteiger partial charge in [0.25, 0.3) is 0 Å². The zero-order valence-corrected chi connectivity index (χ0v) is 21.1. The first-order valence-corrected chi connectivity index (χ1v) is 12.9. The number of hydrogen-bond acceptors (Lipinski definition) is 9. The van der Waals surface area contributed by atoms with E-state index in [2.05, 4.69) is 0 Å². The molecule has 0 N–H and O–H groups in total. The Bertz CT molecular complexity index is 1060. The Morgan fingerprint density at radius 1 is 0.730 bits per heavy atom. The smallest absolute Gasteiger partial charge is 0.328 e. The quantitative estimate of drug-likeness (QED) is 0.541. The summed E-state index contributed by atoms with van der Waals surface area (Å²) in [5.41, 5.74) is 0.156. The number of nitrogens with zero attached hydrogens (tertiary/aromatic N) is 2. The molecule has 9 nitrogen and oxygen atoms in total. The van der Waals surface area contributed by atoms with Gasteiger partial charge in [0, 0.05) is 12.8 Å². The lowest BCUT2D eigenvalue weighted by atomic mass is 9.89. The van der Waals surface area contributed by atoms with E-state index in [1.165, 1.54) is 14.2 Å². The van der Waals surface area contributed by atoms with E-state index < -0.39 is 23.5 Å². The fraction of sp³-hybridized carbons (Fsp3) is 0.500. The van der Waals surface area contributed by atoms with Crippen LogP contribution >= 0.6 is 0 Å². The second kappa shape index (κ2) is 9.49. The topological polar surface area (TPSA) is 86.8 Å². The van der Waals surface area contributed by atoms with E-state index >= 15 is 0 Å². The van der Waals surface area contributed by atoms with E-state index in [1.54, 1.807) is 10.1 Å². The van der Waals surface area contributed by atoms with E-state index in [-0.39, 0.29) is 24.1 Å². The zero-order valence-electron chi connectivity index (χ0n) is 21.1. The van der Waals surface area contributed by atoms with Gasteiger partial charge in [-0.3, -0.25) is 9.68 Å². The predicted octanol–water partition coefficient (Wildman–Crippen LogP) is 3.82. The molecular weight excluding hydrogens is 476 g/mol. The summed E-state index contributed by atoms with van der Waals surface area (Å²) in [5, 5.41) is 3.39. The van der Waals surface area contributed by atoms with Gasteiger partial charge >= 0.3 is 11.9 Å². The highest BCUT2D eigenvalue weighted by atomic mass is 16.8. The van der Waals surface area contributed by atoms with Crippen LogP contribution in [0.2, 0.25) is 0 Å². The lowest BCUT2D eigenvalue weighted by Crippen LogP contribution is -2.52. The highest BCUT2D eigenvalue weighted by Crippen LogP contribution is 2.53. The van der Waals surface area contributed by atoms with Crippen molar-refractivity contribution in [2.24, 2.45) is 0 Å². The number of esters is 2. The van der Waals surface area contributed by atoms with Gasteiger partial charge in [-0.1, -0.05) is 60.7 Å². The molecule has 4 fully saturated rings. The molecule has 0 bridgehead atoms. The van der Waals surface area contributed by atoms with Gasteiger partial charge in [0.1, 0.15) is 35.7 Å². The van der Waals surface area contributed by atoms with Gasteiger partial charge in [-0.05, 0) is 36.8 Å². The fourth-order valence-corrected chi connectivity index (χ4v) is 6.47. The second-order valence-corrected chi connectivity index (χ2v) is 10.2. The van der Waals surface area contributed by atoms with Crippen LogP contribution in [-0.2, 0) is 33.5 Å². The average molecular weight is 509 g/mol. The van der Waals surface area contributed by atoms with Crippen LogP contribution in [-0.4, -0.2) is 59.8 Å². The van der Waals surface area contributed by atoms with Crippen LogP contribution < -0.4 is 0 Å². The Kier molecular flexibility index (Phi) is 6.29. The van der Waals surface area contributed by atoms with Crippen molar-refractivity contribution in [3.05, 3.63) is 71.8 Å². The molecule has 0 aromatic heterocycles. The van der Waals surface area contributed by atoms with Crippen molar-refractivity contribution < 1.29 is 33.5 Å². The third-order valence-electron chi connectivity index (χ3n) is 8.29. The van der Waals surface area contributed by atoms with Crippen molar-refractivity contribution in [2.45, 2.75) is 74.3 Å². The molecule has 0 aliphatic carbocycles. The van der Waals surface area contributed by atoms with Gasteiger partial charge in [-0.2, -0.15) is 0 Å². The first kappa shape index (κ1) is 24.5. The number of ether oxygens (including phenoxy) is 3. The standard InChI is InChI=1S/C28H32N2O7/c1-33-25(31)27-15-13-23(29(27)36-21(17-27)19-9-5-3-6-10-19)35-24-14-16-28(26(32)34-2)18-22(37-30(24)28)20-11-7-4-8-12-20/h3-12,21-24H,13-18H2,1-2H3. The first-order chi connectivity index (χ1) is 18.0. The molecule has 0 radical (unpaired) electrons. The number of benzene rings is 2. The summed E-state index contributed by atoms with van der Waals surface area (Å²) in [7, 11) is 2.81. The minimum absolute atomic E-state index is 0.282. The molecule has 6 atom stereocenters. The van der Waals surface area contributed by atoms with Crippen LogP contribution in [0.25, 0.3) is 0 Å². The number of methoxy groups -OCH3 is 2. The van der Waals surface area contributed by atoms with Crippen molar-refractivity contribution in [2.75, 3.05) is 14.2 Å². The summed E-state index contributed by atoms with van der Waals surface area (Å²) in [4.78, 5) is 38.8. The largest absolute Gasteiger partial charge is 0.468 e. The number of rotatable bonds is 6. The third-order valence-corrected chi connectivity index (χ3v) is 8.29. The first-order valence-electron chi connectivity index (χ1n) is 12.9. The van der Waals surface area contributed by atoms with Gasteiger partial charge in [0.15, 0.2) is 0 Å². The van der Waals surface area contributed by atoms with E-state index in [1.807, 2.05) is 60.7 Å². The number of fused-ring (bicyclic) bond motifs is 2. The zero-order chi connectivity index (χ0) is 25.6. The molecule has 37 heavy (non-hydrogen) atoms. The lowest BCUT2D eigenvalue weighted by Gasteiger charge is -2.34. The Hall–Kier alpha value is -2.82. The predicted molar refractivity (Wildman–Crippen MR) is 130 cm³/mol. The number of carbonyl (C=O) groups excluding carboxylic acids is 2. The van der Waals surface area contributed by atoms with Crippen molar-refractivity contribution in [1.29, 1.82) is 0 Å². The maximum absolute atomic E-state index is 13.0. The molecule has 6 unspecified atom stereocenters. The summed E-state index contributed by atoms with van der Waals surface area (Å²) in [6.07, 6.45) is 1.70. The second-order valence-electron chi connectivity index (χ2n) is 10.2. The summed E-state index contributed by atoms with van der Waals surface area (Å²) in [6, 6.07) is 19.7. The highest BCUT2D eigenvalue weighted by molar-refractivity contribution is 5.82. The summed E-state index contributed by atoms with van der Waals surface area (Å²) in [6.45, 7) is 0. The summed E-state index contributed by atoms with van der Waals surface area (Å²) >= 11 is 0. The Morgan fingerprint density at radius 2 is 1.14 bits per heavy atom. The molecule has 4 saturated heterocycles. The lowest BCUT2D eigenvalue weighted by molar-refractivity contribution is -0.313. The summed E-state index contributed by atoms with van der Waals surface area (Å²) < 4.78 is 17.0. The maximum Gasteiger partial charge on any atom is 0.328 e. The molecule has 2 aromatic rings. The molecule has 4 aliphatic rings. The fourth-order valence-electron chi connectivity index (χ4n) is 6.47. The minimum atomic E-state index is -0.920. The van der Waals surface area contributed by atoms with Crippen LogP contribution in [0.4, 0.5) is 0 Å². The van der Waals surface area contributed by atoms with E-state index in [9.17, 15) is 9.59 Å². The van der Waals surface area contributed by atoms with Gasteiger partial charge in [0.2, 0.25) is 0 Å². The molecule has 0 saturated carbocycles. The SMILES string of the molecule is COC(=O)C12CCC(OC3CCC4(C(=O)OC)CC(c5ccccc5)ON34)N1OC(c1ccccc1)C2. The molecule has 6 rings (SSSR count). The monoisotopic (exact) mass is 508 g/mol. The molecule has 2 aromatic carbocycles. The van der Waals surface area contributed by atoms with Gasteiger partial charge in [-0.15, -0.1) is 10.1 Å². The molecule has 0 amide bonds. The van der Waals surface area contributed by atoms with Crippen LogP contribution in [0, 0.1) is 0 Å². The van der Waals surface area contributed by atoms with Gasteiger partial charge in [0.05, 0.1) is 14.2 Å². The van der Waals surface area contributed by atoms with Gasteiger partial charge in [-0.25, -0.2) is 9.59 Å². The molecule has 196 valence electrons. The number of hydroxylamine groups is 4. The van der Waals surface area contributed by atoms with Crippen molar-refractivity contribution >= 4 is 11.9 Å². The average Bonchev–Trinajstić information content (AvgIpc) is 3.69. The van der Waals surface area contributed by atoms with Crippen molar-refractivity contribution in [3.8, 4) is 0 Å². The number of hydrogen-bond donors (Lipinski definition) is 0. The van der Waals surface area contributed by atoms with E-state index in [4.69, 9.17) is 23.9 Å². The van der Waals surface area contributed by atoms with E-state index in [0.29, 0.717) is 38.5 Å². The van der Waals surface area contributed by atoms with E-state index in [0.717, 1.165) is 11.1 Å². The Balaban J connectivity index is 1.25. The van der Waals surface area contributed by atoms with Crippen LogP contribution in [0.5, 0.6) is 0 Å². The Labute approximate surface area is 216 Å². The maximum atomic E-state index is 13.0. The van der Waals surface area contributed by atoms with Crippen molar-refractivity contribution in [3.63, 3.8) is 0 Å². The number of carbonyl (C=O) groups is 2. The minimum Gasteiger partial charge on any atom is -0.468 e. The van der Waals surface area contributed by atoms with Crippen LogP contribution in [0.15, 0.2) is 60.7 Å². The highest BCUT2D eigenvalue weighted by Gasteiger charge is 2.64. The van der Waals surface area contributed by atoms with Gasteiger partial charge < -0.3 is 14.2 Å². The molecular formula is C28H32N2O7. The normalized spacial score (nSPS) is 35.3. The van der Waals surface area contributed by atoms with Crippen LogP contribution in [0.3, 0.4) is 0 Å². The molecule has 0 spiro atoms. The Morgan fingerprint density at radius 3 is 1.51 bits per heavy atom. The molecule has 4 heterocycles. The molecule has 9 heteroatoms. The summed E-state index contributed by atoms with van der Waals surface area (Å²) in [5.74, 6) is -0.650. The third kappa shape index (κ3) is 3.88.